The quantitative estimate of drug-likeness (QED) is 0.574. The number of likely N-dealkylation sites (N-methyl/N-ethyl adjacent to an activating group) is 1. The monoisotopic (exact) mass is 456 g/mol. The van der Waals surface area contributed by atoms with Crippen molar-refractivity contribution in [1.29, 1.82) is 0 Å². The van der Waals surface area contributed by atoms with Crippen molar-refractivity contribution in [2.45, 2.75) is 26.2 Å². The number of carbonyl (C=O) groups excluding carboxylic acids is 1. The summed E-state index contributed by atoms with van der Waals surface area (Å²) < 4.78 is 10.7. The lowest BCUT2D eigenvalue weighted by Gasteiger charge is -2.34. The minimum atomic E-state index is -0.0526. The number of benzene rings is 1. The van der Waals surface area contributed by atoms with Crippen molar-refractivity contribution in [2.75, 3.05) is 70.9 Å². The first kappa shape index (κ1) is 23.5. The van der Waals surface area contributed by atoms with Gasteiger partial charge in [0.15, 0.2) is 0 Å². The van der Waals surface area contributed by atoms with Gasteiger partial charge < -0.3 is 29.3 Å². The highest BCUT2D eigenvalue weighted by molar-refractivity contribution is 5.79. The lowest BCUT2D eigenvalue weighted by molar-refractivity contribution is -0.125. The molecule has 0 unspecified atom stereocenters. The highest BCUT2D eigenvalue weighted by Gasteiger charge is 2.28. The number of rotatable bonds is 9. The highest BCUT2D eigenvalue weighted by Crippen LogP contribution is 2.25. The summed E-state index contributed by atoms with van der Waals surface area (Å²) in [7, 11) is 1.64. The Morgan fingerprint density at radius 1 is 1.15 bits per heavy atom. The van der Waals surface area contributed by atoms with Crippen LogP contribution in [-0.2, 0) is 4.79 Å². The minimum Gasteiger partial charge on any atom is -0.497 e. The molecule has 3 heterocycles. The first-order valence-corrected chi connectivity index (χ1v) is 12.1. The highest BCUT2D eigenvalue weighted by atomic mass is 16.5. The largest absolute Gasteiger partial charge is 0.497 e. The number of piperidine rings is 1. The molecule has 1 amide bonds. The van der Waals surface area contributed by atoms with E-state index in [1.807, 2.05) is 29.2 Å². The Bertz CT molecular complexity index is 879. The molecule has 2 aliphatic rings. The van der Waals surface area contributed by atoms with E-state index in [2.05, 4.69) is 32.2 Å². The van der Waals surface area contributed by atoms with Crippen LogP contribution in [0.25, 0.3) is 11.4 Å². The molecule has 0 aliphatic carbocycles. The number of hydrogen-bond donors (Lipinski definition) is 1. The van der Waals surface area contributed by atoms with Crippen molar-refractivity contribution in [2.24, 2.45) is 5.92 Å². The molecule has 1 N–H and O–H groups in total. The van der Waals surface area contributed by atoms with Crippen LogP contribution in [0.15, 0.2) is 28.8 Å². The van der Waals surface area contributed by atoms with E-state index in [-0.39, 0.29) is 11.8 Å². The van der Waals surface area contributed by atoms with Crippen LogP contribution in [0, 0.1) is 5.92 Å². The minimum absolute atomic E-state index is 0.0526. The number of ether oxygens (including phenoxy) is 1. The van der Waals surface area contributed by atoms with Crippen LogP contribution in [0.2, 0.25) is 0 Å². The Morgan fingerprint density at radius 3 is 2.64 bits per heavy atom. The van der Waals surface area contributed by atoms with Crippen molar-refractivity contribution in [3.63, 3.8) is 0 Å². The molecule has 1 aromatic carbocycles. The van der Waals surface area contributed by atoms with Gasteiger partial charge in [0.2, 0.25) is 11.7 Å². The van der Waals surface area contributed by atoms with Gasteiger partial charge in [-0.15, -0.1) is 0 Å². The molecule has 180 valence electrons. The summed E-state index contributed by atoms with van der Waals surface area (Å²) in [5.41, 5.74) is 0.869. The second-order valence-corrected chi connectivity index (χ2v) is 8.83. The molecule has 0 spiro atoms. The molecule has 2 saturated heterocycles. The fraction of sp³-hybridized carbons (Fsp3) is 0.625. The van der Waals surface area contributed by atoms with Gasteiger partial charge in [-0.1, -0.05) is 12.1 Å². The SMILES string of the molecule is CCN1CCN(CCCNC(=O)[C@H]2CCCN(c3nc(-c4ccc(OC)cc4)no3)C2)CC1. The van der Waals surface area contributed by atoms with Crippen LogP contribution in [0.5, 0.6) is 5.75 Å². The maximum Gasteiger partial charge on any atom is 0.324 e. The number of amides is 1. The van der Waals surface area contributed by atoms with E-state index < -0.39 is 0 Å². The zero-order valence-electron chi connectivity index (χ0n) is 19.8. The van der Waals surface area contributed by atoms with Crippen molar-refractivity contribution in [1.82, 2.24) is 25.3 Å². The van der Waals surface area contributed by atoms with E-state index in [1.54, 1.807) is 7.11 Å². The molecule has 2 aliphatic heterocycles. The average Bonchev–Trinajstić information content (AvgIpc) is 3.37. The Kier molecular flexibility index (Phi) is 8.17. The number of hydrogen-bond acceptors (Lipinski definition) is 8. The summed E-state index contributed by atoms with van der Waals surface area (Å²) in [5.74, 6) is 1.40. The molecule has 2 aromatic rings. The molecular formula is C24H36N6O3. The average molecular weight is 457 g/mol. The lowest BCUT2D eigenvalue weighted by atomic mass is 9.97. The number of methoxy groups -OCH3 is 1. The van der Waals surface area contributed by atoms with Gasteiger partial charge in [-0.2, -0.15) is 4.98 Å². The fourth-order valence-electron chi connectivity index (χ4n) is 4.55. The third-order valence-corrected chi connectivity index (χ3v) is 6.69. The third-order valence-electron chi connectivity index (χ3n) is 6.69. The number of piperazine rings is 1. The number of nitrogens with zero attached hydrogens (tertiary/aromatic N) is 5. The van der Waals surface area contributed by atoms with Crippen LogP contribution in [0.3, 0.4) is 0 Å². The molecule has 0 saturated carbocycles. The summed E-state index contributed by atoms with van der Waals surface area (Å²) in [6, 6.07) is 8.03. The number of aromatic nitrogens is 2. The van der Waals surface area contributed by atoms with Crippen LogP contribution in [-0.4, -0.2) is 91.9 Å². The second-order valence-electron chi connectivity index (χ2n) is 8.83. The fourth-order valence-corrected chi connectivity index (χ4v) is 4.55. The maximum absolute atomic E-state index is 12.8. The topological polar surface area (TPSA) is 87.0 Å². The normalized spacial score (nSPS) is 20.1. The van der Waals surface area contributed by atoms with E-state index in [0.29, 0.717) is 18.4 Å². The summed E-state index contributed by atoms with van der Waals surface area (Å²) in [6.07, 6.45) is 2.81. The third kappa shape index (κ3) is 6.23. The number of carbonyl (C=O) groups is 1. The van der Waals surface area contributed by atoms with E-state index in [0.717, 1.165) is 82.9 Å². The van der Waals surface area contributed by atoms with E-state index >= 15 is 0 Å². The Labute approximate surface area is 196 Å². The van der Waals surface area contributed by atoms with Gasteiger partial charge in [0.1, 0.15) is 5.75 Å². The van der Waals surface area contributed by atoms with Gasteiger partial charge >= 0.3 is 6.01 Å². The van der Waals surface area contributed by atoms with Crippen molar-refractivity contribution < 1.29 is 14.1 Å². The summed E-state index contributed by atoms with van der Waals surface area (Å²) in [4.78, 5) is 24.3. The smallest absolute Gasteiger partial charge is 0.324 e. The van der Waals surface area contributed by atoms with Gasteiger partial charge in [-0.05, 0) is 56.6 Å². The Hall–Kier alpha value is -2.65. The maximum atomic E-state index is 12.8. The summed E-state index contributed by atoms with van der Waals surface area (Å²) in [5, 5.41) is 7.27. The molecule has 4 rings (SSSR count). The van der Waals surface area contributed by atoms with Crippen LogP contribution >= 0.6 is 0 Å². The van der Waals surface area contributed by atoms with Gasteiger partial charge in [-0.25, -0.2) is 0 Å². The van der Waals surface area contributed by atoms with Gasteiger partial charge in [-0.3, -0.25) is 4.79 Å². The molecule has 9 heteroatoms. The lowest BCUT2D eigenvalue weighted by Crippen LogP contribution is -2.47. The number of anilines is 1. The molecule has 2 fully saturated rings. The first-order chi connectivity index (χ1) is 16.2. The summed E-state index contributed by atoms with van der Waals surface area (Å²) >= 11 is 0. The predicted octanol–water partition coefficient (Wildman–Crippen LogP) is 2.11. The predicted molar refractivity (Wildman–Crippen MR) is 127 cm³/mol. The van der Waals surface area contributed by atoms with Crippen LogP contribution in [0.1, 0.15) is 26.2 Å². The second kappa shape index (κ2) is 11.5. The standard InChI is InChI=1S/C24H36N6O3/c1-3-28-14-16-29(17-15-28)12-5-11-25-23(31)20-6-4-13-30(18-20)24-26-22(27-33-24)19-7-9-21(32-2)10-8-19/h7-10,20H,3-6,11-18H2,1-2H3,(H,25,31)/t20-/m0/s1. The van der Waals surface area contributed by atoms with Gasteiger partial charge in [0.25, 0.3) is 0 Å². The summed E-state index contributed by atoms with van der Waals surface area (Å²) in [6.45, 7) is 11.1. The number of nitrogens with one attached hydrogen (secondary N) is 1. The van der Waals surface area contributed by atoms with Gasteiger partial charge in [0.05, 0.1) is 13.0 Å². The molecule has 0 bridgehead atoms. The van der Waals surface area contributed by atoms with E-state index in [4.69, 9.17) is 9.26 Å². The molecule has 0 radical (unpaired) electrons. The van der Waals surface area contributed by atoms with Crippen LogP contribution < -0.4 is 15.0 Å². The Morgan fingerprint density at radius 2 is 1.91 bits per heavy atom. The molecule has 1 atom stereocenters. The van der Waals surface area contributed by atoms with Crippen molar-refractivity contribution in [3.8, 4) is 17.1 Å². The zero-order valence-corrected chi connectivity index (χ0v) is 19.8. The molecule has 33 heavy (non-hydrogen) atoms. The van der Waals surface area contributed by atoms with Gasteiger partial charge in [0, 0.05) is 51.4 Å². The zero-order chi connectivity index (χ0) is 23.0. The van der Waals surface area contributed by atoms with Crippen molar-refractivity contribution in [3.05, 3.63) is 24.3 Å². The van der Waals surface area contributed by atoms with E-state index in [9.17, 15) is 4.79 Å². The molecular weight excluding hydrogens is 420 g/mol. The van der Waals surface area contributed by atoms with Crippen LogP contribution in [0.4, 0.5) is 6.01 Å². The molecule has 9 nitrogen and oxygen atoms in total. The molecule has 1 aromatic heterocycles. The Balaban J connectivity index is 1.22. The van der Waals surface area contributed by atoms with Crippen molar-refractivity contribution >= 4 is 11.9 Å². The van der Waals surface area contributed by atoms with E-state index in [1.165, 1.54) is 0 Å². The first-order valence-electron chi connectivity index (χ1n) is 12.1.